The molecule has 0 fully saturated rings. The van der Waals surface area contributed by atoms with Gasteiger partial charge in [-0.3, -0.25) is 9.71 Å². The zero-order valence-electron chi connectivity index (χ0n) is 10.1. The Hall–Kier alpha value is -2.15. The maximum atomic E-state index is 13.2. The molecular weight excluding hydrogens is 269 g/mol. The van der Waals surface area contributed by atoms with Crippen LogP contribution in [-0.2, 0) is 10.0 Å². The molecule has 1 aromatic heterocycles. The number of rotatable bonds is 3. The van der Waals surface area contributed by atoms with E-state index in [9.17, 15) is 12.8 Å². The van der Waals surface area contributed by atoms with Crippen molar-refractivity contribution < 1.29 is 12.8 Å². The quantitative estimate of drug-likeness (QED) is 0.842. The molecule has 0 radical (unpaired) electrons. The number of hydrogen-bond acceptors (Lipinski definition) is 4. The van der Waals surface area contributed by atoms with E-state index >= 15 is 0 Å². The maximum Gasteiger partial charge on any atom is 0.262 e. The van der Waals surface area contributed by atoms with E-state index in [0.29, 0.717) is 5.69 Å². The molecule has 1 heterocycles. The van der Waals surface area contributed by atoms with Crippen LogP contribution >= 0.6 is 0 Å². The number of benzene rings is 1. The van der Waals surface area contributed by atoms with Gasteiger partial charge < -0.3 is 5.73 Å². The lowest BCUT2D eigenvalue weighted by molar-refractivity contribution is 0.599. The van der Waals surface area contributed by atoms with E-state index in [2.05, 4.69) is 9.71 Å². The van der Waals surface area contributed by atoms with Crippen LogP contribution in [0.2, 0.25) is 0 Å². The summed E-state index contributed by atoms with van der Waals surface area (Å²) in [4.78, 5) is 3.75. The molecule has 0 amide bonds. The maximum absolute atomic E-state index is 13.2. The van der Waals surface area contributed by atoms with Gasteiger partial charge in [-0.05, 0) is 36.8 Å². The lowest BCUT2D eigenvalue weighted by Gasteiger charge is -2.11. The van der Waals surface area contributed by atoms with E-state index in [1.54, 1.807) is 12.1 Å². The molecule has 0 unspecified atom stereocenters. The third-order valence-corrected chi connectivity index (χ3v) is 4.02. The second kappa shape index (κ2) is 4.85. The normalized spacial score (nSPS) is 11.3. The third-order valence-electron chi connectivity index (χ3n) is 2.50. The molecule has 0 atom stereocenters. The number of nitrogens with two attached hydrogens (primary N) is 1. The number of halogens is 1. The van der Waals surface area contributed by atoms with Gasteiger partial charge in [0, 0.05) is 6.20 Å². The summed E-state index contributed by atoms with van der Waals surface area (Å²) in [5.41, 5.74) is 5.79. The van der Waals surface area contributed by atoms with E-state index in [4.69, 9.17) is 5.73 Å². The number of nitrogens with zero attached hydrogens (tertiary/aromatic N) is 1. The van der Waals surface area contributed by atoms with Crippen LogP contribution in [0.5, 0.6) is 0 Å². The molecule has 2 aromatic rings. The van der Waals surface area contributed by atoms with Crippen LogP contribution in [0.4, 0.5) is 15.8 Å². The van der Waals surface area contributed by atoms with Crippen molar-refractivity contribution in [1.82, 2.24) is 4.98 Å². The molecule has 0 spiro atoms. The third kappa shape index (κ3) is 2.82. The Morgan fingerprint density at radius 2 is 2.11 bits per heavy atom. The first kappa shape index (κ1) is 13.3. The highest BCUT2D eigenvalue weighted by molar-refractivity contribution is 7.92. The molecule has 5 nitrogen and oxygen atoms in total. The fourth-order valence-corrected chi connectivity index (χ4v) is 2.90. The monoisotopic (exact) mass is 281 g/mol. The fraction of sp³-hybridized carbons (Fsp3) is 0.0833. The predicted molar refractivity (Wildman–Crippen MR) is 70.6 cm³/mol. The standard InChI is InChI=1S/C12H12FN3O2S/c1-8-5-10(13)11(14)6-12(8)19(17,18)16-9-3-2-4-15-7-9/h2-7,16H,14H2,1H3. The second-order valence-electron chi connectivity index (χ2n) is 3.99. The van der Waals surface area contributed by atoms with Gasteiger partial charge in [0.15, 0.2) is 0 Å². The highest BCUT2D eigenvalue weighted by atomic mass is 32.2. The van der Waals surface area contributed by atoms with Gasteiger partial charge in [0.2, 0.25) is 0 Å². The zero-order chi connectivity index (χ0) is 14.0. The van der Waals surface area contributed by atoms with E-state index < -0.39 is 15.8 Å². The summed E-state index contributed by atoms with van der Waals surface area (Å²) in [7, 11) is -3.82. The molecule has 0 aliphatic rings. The summed E-state index contributed by atoms with van der Waals surface area (Å²) in [5.74, 6) is -0.641. The van der Waals surface area contributed by atoms with Gasteiger partial charge >= 0.3 is 0 Å². The first-order valence-corrected chi connectivity index (χ1v) is 6.87. The highest BCUT2D eigenvalue weighted by Gasteiger charge is 2.19. The number of pyridine rings is 1. The van der Waals surface area contributed by atoms with Crippen molar-refractivity contribution in [2.45, 2.75) is 11.8 Å². The number of aromatic nitrogens is 1. The van der Waals surface area contributed by atoms with E-state index in [1.165, 1.54) is 19.3 Å². The lowest BCUT2D eigenvalue weighted by atomic mass is 10.2. The number of hydrogen-bond donors (Lipinski definition) is 2. The van der Waals surface area contributed by atoms with Crippen molar-refractivity contribution in [1.29, 1.82) is 0 Å². The van der Waals surface area contributed by atoms with Crippen LogP contribution in [0, 0.1) is 12.7 Å². The van der Waals surface area contributed by atoms with Crippen LogP contribution in [-0.4, -0.2) is 13.4 Å². The molecule has 0 saturated carbocycles. The van der Waals surface area contributed by atoms with E-state index in [0.717, 1.165) is 12.1 Å². The number of anilines is 2. The van der Waals surface area contributed by atoms with Crippen molar-refractivity contribution in [3.8, 4) is 0 Å². The SMILES string of the molecule is Cc1cc(F)c(N)cc1S(=O)(=O)Nc1cccnc1. The predicted octanol–water partition coefficient (Wildman–Crippen LogP) is 1.91. The van der Waals surface area contributed by atoms with Crippen molar-refractivity contribution in [3.05, 3.63) is 48.0 Å². The van der Waals surface area contributed by atoms with Gasteiger partial charge in [0.25, 0.3) is 10.0 Å². The smallest absolute Gasteiger partial charge is 0.262 e. The van der Waals surface area contributed by atoms with Gasteiger partial charge in [0.05, 0.1) is 22.5 Å². The molecule has 3 N–H and O–H groups in total. The zero-order valence-corrected chi connectivity index (χ0v) is 10.9. The minimum atomic E-state index is -3.82. The first-order valence-electron chi connectivity index (χ1n) is 5.38. The van der Waals surface area contributed by atoms with Gasteiger partial charge in [-0.2, -0.15) is 0 Å². The molecule has 7 heteroatoms. The van der Waals surface area contributed by atoms with Crippen LogP contribution in [0.25, 0.3) is 0 Å². The Bertz CT molecular complexity index is 702. The summed E-state index contributed by atoms with van der Waals surface area (Å²) in [6.45, 7) is 1.50. The largest absolute Gasteiger partial charge is 0.396 e. The summed E-state index contributed by atoms with van der Waals surface area (Å²) in [5, 5.41) is 0. The summed E-state index contributed by atoms with van der Waals surface area (Å²) in [6, 6.07) is 5.35. The first-order chi connectivity index (χ1) is 8.90. The van der Waals surface area contributed by atoms with Crippen LogP contribution < -0.4 is 10.5 Å². The summed E-state index contributed by atoms with van der Waals surface area (Å²) < 4.78 is 39.9. The molecule has 0 saturated heterocycles. The van der Waals surface area contributed by atoms with Crippen molar-refractivity contribution in [2.75, 3.05) is 10.5 Å². The van der Waals surface area contributed by atoms with Crippen LogP contribution in [0.3, 0.4) is 0 Å². The van der Waals surface area contributed by atoms with E-state index in [-0.39, 0.29) is 16.1 Å². The topological polar surface area (TPSA) is 85.1 Å². The number of sulfonamides is 1. The average molecular weight is 281 g/mol. The number of nitrogens with one attached hydrogen (secondary N) is 1. The minimum Gasteiger partial charge on any atom is -0.396 e. The Balaban J connectivity index is 2.43. The van der Waals surface area contributed by atoms with Crippen molar-refractivity contribution >= 4 is 21.4 Å². The number of aryl methyl sites for hydroxylation is 1. The van der Waals surface area contributed by atoms with Crippen LogP contribution in [0.15, 0.2) is 41.6 Å². The molecule has 0 aliphatic carbocycles. The van der Waals surface area contributed by atoms with Gasteiger partial charge in [-0.25, -0.2) is 12.8 Å². The van der Waals surface area contributed by atoms with E-state index in [1.807, 2.05) is 0 Å². The van der Waals surface area contributed by atoms with Crippen molar-refractivity contribution in [3.63, 3.8) is 0 Å². The Kier molecular flexibility index (Phi) is 3.39. The highest BCUT2D eigenvalue weighted by Crippen LogP contribution is 2.23. The Labute approximate surface area is 110 Å². The van der Waals surface area contributed by atoms with Gasteiger partial charge in [-0.1, -0.05) is 0 Å². The molecule has 0 bridgehead atoms. The summed E-state index contributed by atoms with van der Waals surface area (Å²) >= 11 is 0. The molecule has 100 valence electrons. The molecule has 2 rings (SSSR count). The molecule has 1 aromatic carbocycles. The molecular formula is C12H12FN3O2S. The van der Waals surface area contributed by atoms with Gasteiger partial charge in [-0.15, -0.1) is 0 Å². The summed E-state index contributed by atoms with van der Waals surface area (Å²) in [6.07, 6.45) is 2.90. The average Bonchev–Trinajstić information content (AvgIpc) is 2.34. The molecule has 19 heavy (non-hydrogen) atoms. The second-order valence-corrected chi connectivity index (χ2v) is 5.64. The number of nitrogen functional groups attached to an aromatic ring is 1. The lowest BCUT2D eigenvalue weighted by Crippen LogP contribution is -2.15. The van der Waals surface area contributed by atoms with Crippen molar-refractivity contribution in [2.24, 2.45) is 0 Å². The van der Waals surface area contributed by atoms with Crippen LogP contribution in [0.1, 0.15) is 5.56 Å². The fourth-order valence-electron chi connectivity index (χ4n) is 1.59. The van der Waals surface area contributed by atoms with Gasteiger partial charge in [0.1, 0.15) is 5.82 Å². The Morgan fingerprint density at radius 3 is 2.74 bits per heavy atom. The molecule has 0 aliphatic heterocycles. The Morgan fingerprint density at radius 1 is 1.37 bits per heavy atom. The minimum absolute atomic E-state index is 0.0600.